The molecule has 76 valence electrons. The molecular formula is C11H16N2O. The average molecular weight is 192 g/mol. The SMILES string of the molecule is C=C(C)COCCNc1ccccn1. The Labute approximate surface area is 84.8 Å². The lowest BCUT2D eigenvalue weighted by Gasteiger charge is -2.05. The van der Waals surface area contributed by atoms with Crippen LogP contribution in [0.25, 0.3) is 0 Å². The maximum absolute atomic E-state index is 5.33. The highest BCUT2D eigenvalue weighted by Crippen LogP contribution is 1.98. The summed E-state index contributed by atoms with van der Waals surface area (Å²) in [6.45, 7) is 7.77. The molecule has 3 heteroatoms. The molecule has 0 radical (unpaired) electrons. The van der Waals surface area contributed by atoms with Crippen molar-refractivity contribution in [3.63, 3.8) is 0 Å². The van der Waals surface area contributed by atoms with Gasteiger partial charge in [0.15, 0.2) is 0 Å². The number of aromatic nitrogens is 1. The smallest absolute Gasteiger partial charge is 0.125 e. The molecule has 0 unspecified atom stereocenters. The van der Waals surface area contributed by atoms with Crippen LogP contribution in [-0.2, 0) is 4.74 Å². The number of pyridine rings is 1. The molecule has 0 fully saturated rings. The van der Waals surface area contributed by atoms with Crippen LogP contribution in [0.3, 0.4) is 0 Å². The molecule has 0 aromatic carbocycles. The second kappa shape index (κ2) is 6.16. The normalized spacial score (nSPS) is 9.79. The predicted octanol–water partition coefficient (Wildman–Crippen LogP) is 2.09. The summed E-state index contributed by atoms with van der Waals surface area (Å²) in [6, 6.07) is 5.77. The molecule has 0 saturated heterocycles. The molecule has 0 saturated carbocycles. The lowest BCUT2D eigenvalue weighted by molar-refractivity contribution is 0.167. The van der Waals surface area contributed by atoms with E-state index in [0.717, 1.165) is 17.9 Å². The summed E-state index contributed by atoms with van der Waals surface area (Å²) < 4.78 is 5.33. The van der Waals surface area contributed by atoms with Gasteiger partial charge in [-0.3, -0.25) is 0 Å². The molecule has 1 N–H and O–H groups in total. The van der Waals surface area contributed by atoms with E-state index >= 15 is 0 Å². The molecule has 0 spiro atoms. The molecule has 0 aliphatic heterocycles. The van der Waals surface area contributed by atoms with E-state index in [0.29, 0.717) is 13.2 Å². The van der Waals surface area contributed by atoms with Gasteiger partial charge in [0.05, 0.1) is 13.2 Å². The second-order valence-corrected chi connectivity index (χ2v) is 3.15. The van der Waals surface area contributed by atoms with Gasteiger partial charge in [0.2, 0.25) is 0 Å². The molecule has 14 heavy (non-hydrogen) atoms. The third kappa shape index (κ3) is 4.62. The first-order chi connectivity index (χ1) is 6.79. The largest absolute Gasteiger partial charge is 0.375 e. The summed E-state index contributed by atoms with van der Waals surface area (Å²) in [5, 5.41) is 3.15. The van der Waals surface area contributed by atoms with Crippen molar-refractivity contribution < 1.29 is 4.74 Å². The van der Waals surface area contributed by atoms with Crippen LogP contribution in [0.1, 0.15) is 6.92 Å². The molecule has 1 aromatic heterocycles. The molecular weight excluding hydrogens is 176 g/mol. The number of nitrogens with one attached hydrogen (secondary N) is 1. The maximum Gasteiger partial charge on any atom is 0.125 e. The number of nitrogens with zero attached hydrogens (tertiary/aromatic N) is 1. The van der Waals surface area contributed by atoms with E-state index in [9.17, 15) is 0 Å². The first-order valence-corrected chi connectivity index (χ1v) is 4.66. The van der Waals surface area contributed by atoms with Gasteiger partial charge < -0.3 is 10.1 Å². The van der Waals surface area contributed by atoms with Crippen molar-refractivity contribution in [2.75, 3.05) is 25.1 Å². The van der Waals surface area contributed by atoms with Crippen molar-refractivity contribution in [1.82, 2.24) is 4.98 Å². The number of hydrogen-bond donors (Lipinski definition) is 1. The maximum atomic E-state index is 5.33. The number of ether oxygens (including phenoxy) is 1. The van der Waals surface area contributed by atoms with Gasteiger partial charge in [0, 0.05) is 12.7 Å². The minimum Gasteiger partial charge on any atom is -0.375 e. The van der Waals surface area contributed by atoms with Crippen LogP contribution in [0.5, 0.6) is 0 Å². The van der Waals surface area contributed by atoms with E-state index in [2.05, 4.69) is 16.9 Å². The first-order valence-electron chi connectivity index (χ1n) is 4.66. The lowest BCUT2D eigenvalue weighted by Crippen LogP contribution is -2.10. The Morgan fingerprint density at radius 1 is 1.57 bits per heavy atom. The highest BCUT2D eigenvalue weighted by molar-refractivity contribution is 5.32. The van der Waals surface area contributed by atoms with Gasteiger partial charge in [-0.2, -0.15) is 0 Å². The van der Waals surface area contributed by atoms with Crippen LogP contribution in [0.4, 0.5) is 5.82 Å². The molecule has 0 bridgehead atoms. The zero-order valence-corrected chi connectivity index (χ0v) is 8.49. The van der Waals surface area contributed by atoms with Gasteiger partial charge in [-0.1, -0.05) is 18.2 Å². The zero-order valence-electron chi connectivity index (χ0n) is 8.49. The fraction of sp³-hybridized carbons (Fsp3) is 0.364. The van der Waals surface area contributed by atoms with Crippen LogP contribution < -0.4 is 5.32 Å². The van der Waals surface area contributed by atoms with Crippen LogP contribution in [0, 0.1) is 0 Å². The van der Waals surface area contributed by atoms with Gasteiger partial charge in [0.25, 0.3) is 0 Å². The molecule has 1 heterocycles. The zero-order chi connectivity index (χ0) is 10.2. The monoisotopic (exact) mass is 192 g/mol. The van der Waals surface area contributed by atoms with Crippen molar-refractivity contribution in [2.45, 2.75) is 6.92 Å². The minimum atomic E-state index is 0.629. The Morgan fingerprint density at radius 2 is 2.43 bits per heavy atom. The van der Waals surface area contributed by atoms with Gasteiger partial charge in [-0.15, -0.1) is 0 Å². The summed E-state index contributed by atoms with van der Waals surface area (Å²) in [5.74, 6) is 0.881. The van der Waals surface area contributed by atoms with Crippen molar-refractivity contribution >= 4 is 5.82 Å². The molecule has 3 nitrogen and oxygen atoms in total. The number of hydrogen-bond acceptors (Lipinski definition) is 3. The number of anilines is 1. The van der Waals surface area contributed by atoms with Crippen LogP contribution in [-0.4, -0.2) is 24.7 Å². The third-order valence-electron chi connectivity index (χ3n) is 1.57. The standard InChI is InChI=1S/C11H16N2O/c1-10(2)9-14-8-7-13-11-5-3-4-6-12-11/h3-6H,1,7-9H2,2H3,(H,12,13). The topological polar surface area (TPSA) is 34.1 Å². The Morgan fingerprint density at radius 3 is 3.07 bits per heavy atom. The number of rotatable bonds is 6. The fourth-order valence-corrected chi connectivity index (χ4v) is 0.965. The molecule has 0 atom stereocenters. The van der Waals surface area contributed by atoms with Crippen LogP contribution >= 0.6 is 0 Å². The van der Waals surface area contributed by atoms with Gasteiger partial charge in [0.1, 0.15) is 5.82 Å². The summed E-state index contributed by atoms with van der Waals surface area (Å²) in [6.07, 6.45) is 1.76. The van der Waals surface area contributed by atoms with Crippen molar-refractivity contribution in [1.29, 1.82) is 0 Å². The Balaban J connectivity index is 2.08. The van der Waals surface area contributed by atoms with Crippen molar-refractivity contribution in [2.24, 2.45) is 0 Å². The van der Waals surface area contributed by atoms with E-state index in [1.807, 2.05) is 25.1 Å². The van der Waals surface area contributed by atoms with E-state index in [1.165, 1.54) is 0 Å². The molecule has 1 aromatic rings. The van der Waals surface area contributed by atoms with Gasteiger partial charge in [-0.05, 0) is 19.1 Å². The van der Waals surface area contributed by atoms with Crippen molar-refractivity contribution in [3.05, 3.63) is 36.5 Å². The third-order valence-corrected chi connectivity index (χ3v) is 1.57. The van der Waals surface area contributed by atoms with E-state index in [4.69, 9.17) is 4.74 Å². The lowest BCUT2D eigenvalue weighted by atomic mass is 10.4. The molecule has 0 aliphatic carbocycles. The highest BCUT2D eigenvalue weighted by Gasteiger charge is 1.91. The highest BCUT2D eigenvalue weighted by atomic mass is 16.5. The van der Waals surface area contributed by atoms with Crippen LogP contribution in [0.2, 0.25) is 0 Å². The first kappa shape index (κ1) is 10.7. The fourth-order valence-electron chi connectivity index (χ4n) is 0.965. The summed E-state index contributed by atoms with van der Waals surface area (Å²) >= 11 is 0. The second-order valence-electron chi connectivity index (χ2n) is 3.15. The predicted molar refractivity (Wildman–Crippen MR) is 58.4 cm³/mol. The molecule has 0 aliphatic rings. The average Bonchev–Trinajstić information content (AvgIpc) is 2.18. The Kier molecular flexibility index (Phi) is 4.72. The van der Waals surface area contributed by atoms with Gasteiger partial charge >= 0.3 is 0 Å². The molecule has 0 amide bonds. The Hall–Kier alpha value is -1.35. The molecule has 1 rings (SSSR count). The summed E-state index contributed by atoms with van der Waals surface area (Å²) in [5.41, 5.74) is 1.04. The van der Waals surface area contributed by atoms with Gasteiger partial charge in [-0.25, -0.2) is 4.98 Å². The van der Waals surface area contributed by atoms with Crippen molar-refractivity contribution in [3.8, 4) is 0 Å². The van der Waals surface area contributed by atoms with Crippen LogP contribution in [0.15, 0.2) is 36.5 Å². The van der Waals surface area contributed by atoms with E-state index < -0.39 is 0 Å². The Bertz CT molecular complexity index is 272. The van der Waals surface area contributed by atoms with E-state index in [1.54, 1.807) is 6.20 Å². The van der Waals surface area contributed by atoms with E-state index in [-0.39, 0.29) is 0 Å². The quantitative estimate of drug-likeness (QED) is 0.553. The summed E-state index contributed by atoms with van der Waals surface area (Å²) in [4.78, 5) is 4.13. The minimum absolute atomic E-state index is 0.629. The summed E-state index contributed by atoms with van der Waals surface area (Å²) in [7, 11) is 0.